The van der Waals surface area contributed by atoms with Crippen molar-refractivity contribution in [3.8, 4) is 23.5 Å². The van der Waals surface area contributed by atoms with E-state index in [2.05, 4.69) is 94.9 Å². The van der Waals surface area contributed by atoms with Gasteiger partial charge in [-0.25, -0.2) is 0 Å². The maximum Gasteiger partial charge on any atom is 0.0991 e. The highest BCUT2D eigenvalue weighted by Crippen LogP contribution is 2.35. The van der Waals surface area contributed by atoms with Crippen molar-refractivity contribution < 1.29 is 0 Å². The first-order valence-corrected chi connectivity index (χ1v) is 15.4. The highest BCUT2D eigenvalue weighted by atomic mass is 28.2. The van der Waals surface area contributed by atoms with Crippen molar-refractivity contribution in [3.05, 3.63) is 114 Å². The minimum atomic E-state index is -0.312. The van der Waals surface area contributed by atoms with E-state index >= 15 is 0 Å². The molecular formula is C35H26N4Si. The Labute approximate surface area is 234 Å². The Bertz CT molecular complexity index is 2190. The Kier molecular flexibility index (Phi) is 5.74. The Morgan fingerprint density at radius 2 is 1.12 bits per heavy atom. The van der Waals surface area contributed by atoms with Crippen LogP contribution in [0.4, 0.5) is 0 Å². The van der Waals surface area contributed by atoms with Crippen LogP contribution in [-0.2, 0) is 0 Å². The molecule has 7 aromatic rings. The first kappa shape index (κ1) is 24.0. The van der Waals surface area contributed by atoms with Crippen LogP contribution < -0.4 is 5.19 Å². The number of nitrogens with zero attached hydrogens (tertiary/aromatic N) is 4. The number of hydrogen-bond acceptors (Lipinski definition) is 2. The minimum Gasteiger partial charge on any atom is -0.309 e. The second-order valence-electron chi connectivity index (χ2n) is 10.4. The average molecular weight is 531 g/mol. The fourth-order valence-electron chi connectivity index (χ4n) is 6.05. The van der Waals surface area contributed by atoms with Crippen molar-refractivity contribution in [3.63, 3.8) is 0 Å². The van der Waals surface area contributed by atoms with E-state index in [4.69, 9.17) is 0 Å². The van der Waals surface area contributed by atoms with E-state index in [1.54, 1.807) is 0 Å². The summed E-state index contributed by atoms with van der Waals surface area (Å²) in [6, 6.07) is 41.8. The minimum absolute atomic E-state index is 0.312. The van der Waals surface area contributed by atoms with Crippen molar-refractivity contribution in [2.75, 3.05) is 0 Å². The summed E-state index contributed by atoms with van der Waals surface area (Å²) in [7, 11) is -0.312. The third kappa shape index (κ3) is 3.72. The topological polar surface area (TPSA) is 57.4 Å². The van der Waals surface area contributed by atoms with Gasteiger partial charge in [-0.1, -0.05) is 61.0 Å². The molecule has 0 aliphatic heterocycles. The Hall–Kier alpha value is -5.10. The first-order valence-electron chi connectivity index (χ1n) is 13.7. The molecule has 0 spiro atoms. The van der Waals surface area contributed by atoms with Crippen LogP contribution >= 0.6 is 0 Å². The fraction of sp³-hybridized carbons (Fsp3) is 0.0857. The highest BCUT2D eigenvalue weighted by Gasteiger charge is 2.16. The number of nitriles is 2. The molecule has 0 saturated carbocycles. The monoisotopic (exact) mass is 530 g/mol. The lowest BCUT2D eigenvalue weighted by molar-refractivity contribution is 1.08. The number of aromatic nitrogens is 2. The second kappa shape index (κ2) is 9.57. The summed E-state index contributed by atoms with van der Waals surface area (Å²) >= 11 is 0. The molecule has 190 valence electrons. The van der Waals surface area contributed by atoms with Crippen molar-refractivity contribution in [1.82, 2.24) is 9.13 Å². The van der Waals surface area contributed by atoms with Crippen molar-refractivity contribution in [2.45, 2.75) is 19.4 Å². The molecule has 0 unspecified atom stereocenters. The van der Waals surface area contributed by atoms with E-state index in [1.165, 1.54) is 23.0 Å². The molecule has 2 aromatic heterocycles. The van der Waals surface area contributed by atoms with Gasteiger partial charge in [-0.05, 0) is 66.7 Å². The Balaban J connectivity index is 1.48. The Morgan fingerprint density at radius 3 is 1.75 bits per heavy atom. The van der Waals surface area contributed by atoms with Crippen LogP contribution in [0.3, 0.4) is 0 Å². The van der Waals surface area contributed by atoms with Gasteiger partial charge in [0.15, 0.2) is 0 Å². The molecule has 40 heavy (non-hydrogen) atoms. The molecule has 5 aromatic carbocycles. The van der Waals surface area contributed by atoms with Gasteiger partial charge in [-0.15, -0.1) is 0 Å². The van der Waals surface area contributed by atoms with Crippen molar-refractivity contribution in [2.24, 2.45) is 0 Å². The summed E-state index contributed by atoms with van der Waals surface area (Å²) < 4.78 is 4.60. The smallest absolute Gasteiger partial charge is 0.0991 e. The number of rotatable bonds is 5. The molecule has 0 N–H and O–H groups in total. The highest BCUT2D eigenvalue weighted by molar-refractivity contribution is 6.53. The summed E-state index contributed by atoms with van der Waals surface area (Å²) in [6.45, 7) is 2.25. The van der Waals surface area contributed by atoms with E-state index in [0.717, 1.165) is 49.6 Å². The molecule has 4 nitrogen and oxygen atoms in total. The van der Waals surface area contributed by atoms with Crippen LogP contribution in [-0.4, -0.2) is 18.7 Å². The van der Waals surface area contributed by atoms with Gasteiger partial charge in [0.1, 0.15) is 0 Å². The van der Waals surface area contributed by atoms with Gasteiger partial charge in [0.05, 0.1) is 54.9 Å². The summed E-state index contributed by atoms with van der Waals surface area (Å²) in [5, 5.41) is 25.2. The number of hydrogen-bond donors (Lipinski definition) is 0. The fourth-order valence-corrected chi connectivity index (χ4v) is 7.44. The van der Waals surface area contributed by atoms with E-state index in [9.17, 15) is 10.5 Å². The van der Waals surface area contributed by atoms with Gasteiger partial charge in [-0.3, -0.25) is 0 Å². The lowest BCUT2D eigenvalue weighted by Crippen LogP contribution is -2.12. The molecule has 7 rings (SSSR count). The molecule has 5 heteroatoms. The maximum absolute atomic E-state index is 9.64. The molecule has 2 heterocycles. The zero-order valence-corrected chi connectivity index (χ0v) is 23.6. The average Bonchev–Trinajstić information content (AvgIpc) is 3.51. The second-order valence-corrected chi connectivity index (χ2v) is 12.4. The number of fused-ring (bicyclic) bond motifs is 6. The van der Waals surface area contributed by atoms with Gasteiger partial charge in [-0.2, -0.15) is 10.5 Å². The van der Waals surface area contributed by atoms with Crippen LogP contribution in [0.15, 0.2) is 103 Å². The van der Waals surface area contributed by atoms with E-state index in [1.807, 2.05) is 36.4 Å². The maximum atomic E-state index is 9.64. The lowest BCUT2D eigenvalue weighted by atomic mass is 10.1. The van der Waals surface area contributed by atoms with E-state index in [0.29, 0.717) is 11.1 Å². The number of para-hydroxylation sites is 1. The molecule has 0 fully saturated rings. The van der Waals surface area contributed by atoms with Gasteiger partial charge in [0.25, 0.3) is 0 Å². The normalized spacial score (nSPS) is 11.7. The van der Waals surface area contributed by atoms with E-state index < -0.39 is 0 Å². The van der Waals surface area contributed by atoms with E-state index in [-0.39, 0.29) is 9.52 Å². The van der Waals surface area contributed by atoms with Crippen molar-refractivity contribution >= 4 is 58.3 Å². The largest absolute Gasteiger partial charge is 0.309 e. The quantitative estimate of drug-likeness (QED) is 0.220. The van der Waals surface area contributed by atoms with Crippen LogP contribution in [0.25, 0.3) is 55.0 Å². The van der Waals surface area contributed by atoms with Crippen LogP contribution in [0.5, 0.6) is 0 Å². The molecule has 0 radical (unpaired) electrons. The Morgan fingerprint density at radius 1 is 0.575 bits per heavy atom. The molecule has 0 bridgehead atoms. The molecule has 0 aliphatic rings. The molecular weight excluding hydrogens is 504 g/mol. The molecule has 0 amide bonds. The summed E-state index contributed by atoms with van der Waals surface area (Å²) in [5.74, 6) is 0. The van der Waals surface area contributed by atoms with Crippen LogP contribution in [0, 0.1) is 22.7 Å². The van der Waals surface area contributed by atoms with Gasteiger partial charge >= 0.3 is 0 Å². The SMILES string of the molecule is CCC[SiH2]c1ccc2c(c1)c1cc(C#N)ccc1n2-c1cccc(-n2c3ccccc3c3cc(C#N)ccc32)c1. The summed E-state index contributed by atoms with van der Waals surface area (Å²) in [6.07, 6.45) is 1.22. The molecule has 0 saturated heterocycles. The van der Waals surface area contributed by atoms with Gasteiger partial charge < -0.3 is 9.13 Å². The molecule has 0 atom stereocenters. The zero-order chi connectivity index (χ0) is 27.2. The first-order chi connectivity index (χ1) is 19.7. The van der Waals surface area contributed by atoms with Crippen molar-refractivity contribution in [1.29, 1.82) is 10.5 Å². The third-order valence-electron chi connectivity index (χ3n) is 7.93. The standard InChI is InChI=1S/C35H26N4Si/c1-2-16-40-27-12-15-35-31(20-27)30-18-24(22-37)11-14-34(30)39(35)26-7-5-6-25(19-26)38-32-9-4-3-8-28(32)29-17-23(21-36)10-13-33(29)38/h3-15,17-20H,2,16,40H2,1H3. The zero-order valence-electron chi connectivity index (χ0n) is 22.2. The third-order valence-corrected chi connectivity index (χ3v) is 10.0. The number of benzene rings is 5. The lowest BCUT2D eigenvalue weighted by Gasteiger charge is -2.13. The predicted molar refractivity (Wildman–Crippen MR) is 168 cm³/mol. The van der Waals surface area contributed by atoms with Crippen LogP contribution in [0.2, 0.25) is 6.04 Å². The summed E-state index contributed by atoms with van der Waals surface area (Å²) in [4.78, 5) is 0. The molecule has 0 aliphatic carbocycles. The summed E-state index contributed by atoms with van der Waals surface area (Å²) in [5.41, 5.74) is 7.90. The van der Waals surface area contributed by atoms with Crippen LogP contribution in [0.1, 0.15) is 24.5 Å². The van der Waals surface area contributed by atoms with Gasteiger partial charge in [0, 0.05) is 32.9 Å². The van der Waals surface area contributed by atoms with Gasteiger partial charge in [0.2, 0.25) is 0 Å². The predicted octanol–water partition coefficient (Wildman–Crippen LogP) is 7.25.